The van der Waals surface area contributed by atoms with Crippen LogP contribution in [0.1, 0.15) is 37.4 Å². The van der Waals surface area contributed by atoms with Crippen molar-refractivity contribution in [1.82, 2.24) is 9.97 Å². The quantitative estimate of drug-likeness (QED) is 0.806. The zero-order valence-electron chi connectivity index (χ0n) is 12.4. The average Bonchev–Trinajstić information content (AvgIpc) is 3.20. The molecular formula is C17H18BN3. The molecule has 0 atom stereocenters. The molecule has 3 heterocycles. The van der Waals surface area contributed by atoms with Gasteiger partial charge in [0.15, 0.2) is 0 Å². The Morgan fingerprint density at radius 2 is 2.05 bits per heavy atom. The Labute approximate surface area is 125 Å². The Morgan fingerprint density at radius 3 is 2.67 bits per heavy atom. The number of aromatic nitrogens is 2. The number of allylic oxidation sites excluding steroid dienone is 2. The van der Waals surface area contributed by atoms with Crippen LogP contribution in [0.15, 0.2) is 52.3 Å². The van der Waals surface area contributed by atoms with Crippen molar-refractivity contribution in [2.75, 3.05) is 0 Å². The van der Waals surface area contributed by atoms with Gasteiger partial charge in [0.1, 0.15) is 0 Å². The summed E-state index contributed by atoms with van der Waals surface area (Å²) in [6.07, 6.45) is 5.00. The maximum absolute atomic E-state index is 4.82. The second-order valence-corrected chi connectivity index (χ2v) is 5.10. The third-order valence-corrected chi connectivity index (χ3v) is 3.80. The normalized spacial score (nSPS) is 16.6. The first kappa shape index (κ1) is 13.6. The van der Waals surface area contributed by atoms with Crippen LogP contribution in [0, 0.1) is 0 Å². The van der Waals surface area contributed by atoms with E-state index < -0.39 is 0 Å². The van der Waals surface area contributed by atoms with Gasteiger partial charge in [-0.2, -0.15) is 0 Å². The number of nitrogens with zero attached hydrogens (tertiary/aromatic N) is 1. The number of hydrogen-bond acceptors (Lipinski definition) is 1. The zero-order valence-corrected chi connectivity index (χ0v) is 12.4. The monoisotopic (exact) mass is 275 g/mol. The fraction of sp³-hybridized carbons (Fsp3) is 0.176. The Morgan fingerprint density at radius 1 is 1.24 bits per heavy atom. The standard InChI is InChI=1S/C17H18BN3/c1-3-14-11(2)16(9-12-6-7-13(10-18)20-12)21-17(14)15-5-4-8-19-15/h4-10,18-20H,3H2,1-2H3/b16-9-. The van der Waals surface area contributed by atoms with Gasteiger partial charge in [-0.3, -0.25) is 0 Å². The van der Waals surface area contributed by atoms with E-state index in [4.69, 9.17) is 4.99 Å². The molecule has 0 saturated heterocycles. The van der Waals surface area contributed by atoms with Crippen LogP contribution in [-0.4, -0.2) is 29.1 Å². The number of nitrogens with one attached hydrogen (secondary N) is 2. The first-order valence-electron chi connectivity index (χ1n) is 7.19. The number of aromatic amines is 2. The molecule has 0 radical (unpaired) electrons. The molecular weight excluding hydrogens is 257 g/mol. The number of hydrogen-bond donors (Lipinski definition) is 2. The topological polar surface area (TPSA) is 43.9 Å². The van der Waals surface area contributed by atoms with Crippen molar-refractivity contribution in [3.05, 3.63) is 64.4 Å². The molecule has 3 rings (SSSR count). The van der Waals surface area contributed by atoms with Crippen LogP contribution in [0.3, 0.4) is 0 Å². The van der Waals surface area contributed by atoms with Crippen molar-refractivity contribution in [2.24, 2.45) is 4.99 Å². The predicted octanol–water partition coefficient (Wildman–Crippen LogP) is 2.96. The van der Waals surface area contributed by atoms with Gasteiger partial charge in [0, 0.05) is 0 Å². The van der Waals surface area contributed by atoms with E-state index in [2.05, 4.69) is 43.4 Å². The van der Waals surface area contributed by atoms with Gasteiger partial charge in [-0.25, -0.2) is 0 Å². The molecule has 4 heteroatoms. The SMILES string of the molecule is B=Cc1ccc(/C=C2\N=C(c3ccc[nH]3)C(CC)=C2C)[nH]1. The third-order valence-electron chi connectivity index (χ3n) is 3.80. The van der Waals surface area contributed by atoms with Gasteiger partial charge in [0.2, 0.25) is 0 Å². The van der Waals surface area contributed by atoms with Gasteiger partial charge >= 0.3 is 125 Å². The molecule has 0 spiro atoms. The number of H-pyrrole nitrogens is 2. The van der Waals surface area contributed by atoms with Gasteiger partial charge in [0.05, 0.1) is 0 Å². The summed E-state index contributed by atoms with van der Waals surface area (Å²) < 4.78 is 0. The van der Waals surface area contributed by atoms with Crippen LogP contribution >= 0.6 is 0 Å². The Kier molecular flexibility index (Phi) is 3.61. The molecule has 2 aromatic rings. The molecule has 0 aliphatic carbocycles. The molecule has 2 aromatic heterocycles. The van der Waals surface area contributed by atoms with E-state index >= 15 is 0 Å². The average molecular weight is 275 g/mol. The molecule has 1 aliphatic heterocycles. The first-order chi connectivity index (χ1) is 10.2. The van der Waals surface area contributed by atoms with Crippen molar-refractivity contribution >= 4 is 25.2 Å². The fourth-order valence-corrected chi connectivity index (χ4v) is 2.66. The molecule has 0 saturated carbocycles. The summed E-state index contributed by atoms with van der Waals surface area (Å²) in [5, 5.41) is 0. The summed E-state index contributed by atoms with van der Waals surface area (Å²) in [7, 11) is 3.77. The Bertz CT molecular complexity index is 758. The zero-order chi connectivity index (χ0) is 14.8. The van der Waals surface area contributed by atoms with E-state index in [0.29, 0.717) is 0 Å². The second-order valence-electron chi connectivity index (χ2n) is 5.10. The summed E-state index contributed by atoms with van der Waals surface area (Å²) in [4.78, 5) is 11.4. The van der Waals surface area contributed by atoms with E-state index in [0.717, 1.165) is 34.9 Å². The van der Waals surface area contributed by atoms with E-state index in [1.54, 1.807) is 0 Å². The van der Waals surface area contributed by atoms with E-state index in [1.807, 2.05) is 30.4 Å². The number of rotatable bonds is 4. The van der Waals surface area contributed by atoms with Gasteiger partial charge in [0.25, 0.3) is 0 Å². The summed E-state index contributed by atoms with van der Waals surface area (Å²) in [5.41, 5.74) is 7.77. The molecule has 1 aliphatic rings. The van der Waals surface area contributed by atoms with Crippen LogP contribution in [0.4, 0.5) is 0 Å². The molecule has 0 amide bonds. The maximum atomic E-state index is 4.82. The van der Waals surface area contributed by atoms with Crippen LogP contribution in [0.2, 0.25) is 0 Å². The Balaban J connectivity index is 2.03. The van der Waals surface area contributed by atoms with Crippen LogP contribution in [0.25, 0.3) is 6.08 Å². The van der Waals surface area contributed by atoms with Gasteiger partial charge in [-0.05, 0) is 0 Å². The van der Waals surface area contributed by atoms with E-state index in [-0.39, 0.29) is 0 Å². The van der Waals surface area contributed by atoms with Crippen LogP contribution in [-0.2, 0) is 0 Å². The summed E-state index contributed by atoms with van der Waals surface area (Å²) >= 11 is 0. The van der Waals surface area contributed by atoms with Crippen LogP contribution < -0.4 is 0 Å². The minimum atomic E-state index is 0.976. The molecule has 0 unspecified atom stereocenters. The Hall–Kier alpha value is -2.36. The van der Waals surface area contributed by atoms with Gasteiger partial charge < -0.3 is 0 Å². The summed E-state index contributed by atoms with van der Waals surface area (Å²) in [6, 6.07) is 8.13. The molecule has 104 valence electrons. The van der Waals surface area contributed by atoms with E-state index in [9.17, 15) is 0 Å². The fourth-order valence-electron chi connectivity index (χ4n) is 2.66. The van der Waals surface area contributed by atoms with Crippen molar-refractivity contribution in [1.29, 1.82) is 0 Å². The second kappa shape index (κ2) is 5.56. The summed E-state index contributed by atoms with van der Waals surface area (Å²) in [6.45, 7) is 4.31. The molecule has 3 nitrogen and oxygen atoms in total. The van der Waals surface area contributed by atoms with Crippen molar-refractivity contribution in [2.45, 2.75) is 20.3 Å². The molecule has 0 aromatic carbocycles. The summed E-state index contributed by atoms with van der Waals surface area (Å²) in [5.74, 6) is 1.81. The van der Waals surface area contributed by atoms with Crippen molar-refractivity contribution < 1.29 is 0 Å². The molecule has 2 N–H and O–H groups in total. The third kappa shape index (κ3) is 2.49. The van der Waals surface area contributed by atoms with E-state index in [1.165, 1.54) is 11.1 Å². The molecule has 21 heavy (non-hydrogen) atoms. The van der Waals surface area contributed by atoms with Crippen molar-refractivity contribution in [3.8, 4) is 0 Å². The van der Waals surface area contributed by atoms with Gasteiger partial charge in [-0.1, -0.05) is 0 Å². The predicted molar refractivity (Wildman–Crippen MR) is 91.4 cm³/mol. The first-order valence-corrected chi connectivity index (χ1v) is 7.19. The van der Waals surface area contributed by atoms with Crippen molar-refractivity contribution in [3.63, 3.8) is 0 Å². The minimum absolute atomic E-state index is 0.976. The number of aliphatic imine (C=N–C) groups is 1. The molecule has 0 fully saturated rings. The van der Waals surface area contributed by atoms with Crippen LogP contribution in [0.5, 0.6) is 0 Å². The molecule has 0 bridgehead atoms. The van der Waals surface area contributed by atoms with Gasteiger partial charge in [-0.15, -0.1) is 0 Å².